The molecule has 0 heteroatoms. The van der Waals surface area contributed by atoms with Crippen LogP contribution in [-0.4, -0.2) is 0 Å². The van der Waals surface area contributed by atoms with Crippen LogP contribution in [0.4, 0.5) is 0 Å². The van der Waals surface area contributed by atoms with Crippen molar-refractivity contribution in [2.75, 3.05) is 0 Å². The highest BCUT2D eigenvalue weighted by molar-refractivity contribution is 5.11. The van der Waals surface area contributed by atoms with Gasteiger partial charge in [0.2, 0.25) is 0 Å². The van der Waals surface area contributed by atoms with E-state index in [2.05, 4.69) is 0 Å². The van der Waals surface area contributed by atoms with Gasteiger partial charge < -0.3 is 0 Å². The first-order valence-electron chi connectivity index (χ1n) is 3.66. The molecule has 0 heterocycles. The van der Waals surface area contributed by atoms with Crippen molar-refractivity contribution >= 4 is 0 Å². The molecule has 0 saturated carbocycles. The highest BCUT2D eigenvalue weighted by Crippen LogP contribution is 1.92. The van der Waals surface area contributed by atoms with Crippen LogP contribution in [0.5, 0.6) is 0 Å². The Bertz CT molecular complexity index is 228. The van der Waals surface area contributed by atoms with E-state index in [0.29, 0.717) is 11.6 Å². The van der Waals surface area contributed by atoms with Crippen molar-refractivity contribution in [3.05, 3.63) is 35.8 Å². The van der Waals surface area contributed by atoms with Gasteiger partial charge in [-0.3, -0.25) is 0 Å². The Morgan fingerprint density at radius 2 is 2.29 bits per heavy atom. The second-order valence-corrected chi connectivity index (χ2v) is 1.37. The summed E-state index contributed by atoms with van der Waals surface area (Å²) in [5.41, 5.74) is 0.576. The van der Waals surface area contributed by atoms with Crippen molar-refractivity contribution in [1.29, 1.82) is 0 Å². The lowest BCUT2D eigenvalue weighted by Crippen LogP contribution is -1.62. The molecule has 0 spiro atoms. The summed E-state index contributed by atoms with van der Waals surface area (Å²) in [5, 5.41) is 0. The van der Waals surface area contributed by atoms with E-state index < -0.39 is 0 Å². The first-order chi connectivity index (χ1) is 4.63. The summed E-state index contributed by atoms with van der Waals surface area (Å²) in [5.74, 6) is 0. The highest BCUT2D eigenvalue weighted by Gasteiger charge is 1.72. The molecule has 0 fully saturated rings. The third-order valence-electron chi connectivity index (χ3n) is 0.726. The molecule has 0 bridgehead atoms. The van der Waals surface area contributed by atoms with Crippen LogP contribution in [0.2, 0.25) is 0 Å². The normalized spacial score (nSPS) is 14.7. The Balaban J connectivity index is 3.34. The van der Waals surface area contributed by atoms with Gasteiger partial charge in [0.05, 0.1) is 4.11 Å². The van der Waals surface area contributed by atoms with Crippen LogP contribution < -0.4 is 0 Å². The summed E-state index contributed by atoms with van der Waals surface area (Å²) >= 11 is 0. The highest BCUT2D eigenvalue weighted by atomic mass is 13.8. The van der Waals surface area contributed by atoms with Gasteiger partial charge in [0.25, 0.3) is 0 Å². The molecule has 0 aliphatic heterocycles. The lowest BCUT2D eigenvalue weighted by molar-refractivity contribution is 1.48. The van der Waals surface area contributed by atoms with E-state index in [1.807, 2.05) is 0 Å². The molecular formula is C7H8. The fraction of sp³-hybridized carbons (Fsp3) is 0.143. The third-order valence-corrected chi connectivity index (χ3v) is 0.726. The maximum Gasteiger partial charge on any atom is 0.0625 e. The predicted molar refractivity (Wildman–Crippen MR) is 31.2 cm³/mol. The molecule has 1 aromatic rings. The third kappa shape index (κ3) is 1.04. The van der Waals surface area contributed by atoms with E-state index >= 15 is 0 Å². The van der Waals surface area contributed by atoms with E-state index in [1.54, 1.807) is 6.92 Å². The smallest absolute Gasteiger partial charge is 0.0622 e. The van der Waals surface area contributed by atoms with Gasteiger partial charge in [-0.1, -0.05) is 35.8 Å². The quantitative estimate of drug-likeness (QED) is 0.462. The van der Waals surface area contributed by atoms with Gasteiger partial charge in [0.1, 0.15) is 0 Å². The molecule has 0 unspecified atom stereocenters. The van der Waals surface area contributed by atoms with Crippen molar-refractivity contribution in [2.45, 2.75) is 6.92 Å². The molecule has 1 aromatic carbocycles. The predicted octanol–water partition coefficient (Wildman–Crippen LogP) is 2.00. The lowest BCUT2D eigenvalue weighted by Gasteiger charge is -1.82. The summed E-state index contributed by atoms with van der Waals surface area (Å²) in [6.45, 7) is 1.68. The minimum absolute atomic E-state index is 0.160. The van der Waals surface area contributed by atoms with Crippen LogP contribution in [0.3, 0.4) is 0 Å². The minimum atomic E-state index is 0.160. The van der Waals surface area contributed by atoms with Gasteiger partial charge in [0, 0.05) is 0 Å². The molecule has 0 radical (unpaired) electrons. The molecular weight excluding hydrogens is 84.1 g/mol. The van der Waals surface area contributed by atoms with Crippen molar-refractivity contribution in [3.63, 3.8) is 0 Å². The van der Waals surface area contributed by atoms with Crippen LogP contribution in [0, 0.1) is 6.92 Å². The molecule has 0 aliphatic rings. The first-order valence-corrected chi connectivity index (χ1v) is 2.16. The Labute approximate surface area is 48.0 Å². The molecule has 7 heavy (non-hydrogen) atoms. The van der Waals surface area contributed by atoms with Crippen LogP contribution in [0.15, 0.2) is 30.3 Å². The molecule has 0 N–H and O–H groups in total. The molecule has 0 nitrogen and oxygen atoms in total. The Morgan fingerprint density at radius 1 is 1.43 bits per heavy atom. The fourth-order valence-electron chi connectivity index (χ4n) is 0.394. The van der Waals surface area contributed by atoms with Gasteiger partial charge in [-0.05, 0) is 6.92 Å². The van der Waals surface area contributed by atoms with E-state index in [-0.39, 0.29) is 12.1 Å². The minimum Gasteiger partial charge on any atom is -0.0622 e. The summed E-state index contributed by atoms with van der Waals surface area (Å²) in [7, 11) is 0. The van der Waals surface area contributed by atoms with Crippen molar-refractivity contribution in [3.8, 4) is 0 Å². The maximum absolute atomic E-state index is 7.28. The van der Waals surface area contributed by atoms with Crippen LogP contribution in [-0.2, 0) is 0 Å². The van der Waals surface area contributed by atoms with Crippen molar-refractivity contribution in [2.24, 2.45) is 0 Å². The molecule has 0 aliphatic carbocycles. The largest absolute Gasteiger partial charge is 0.0625 e. The first kappa shape index (κ1) is 1.99. The Hall–Kier alpha value is -0.780. The number of hydrogen-bond donors (Lipinski definition) is 0. The topological polar surface area (TPSA) is 0 Å². The molecule has 1 rings (SSSR count). The molecule has 36 valence electrons. The Morgan fingerprint density at radius 3 is 3.00 bits per heavy atom. The zero-order valence-electron chi connectivity index (χ0n) is 7.15. The zero-order valence-corrected chi connectivity index (χ0v) is 4.15. The Kier molecular flexibility index (Phi) is 0.508. The van der Waals surface area contributed by atoms with E-state index in [4.69, 9.17) is 4.11 Å². The maximum atomic E-state index is 7.28. The van der Waals surface area contributed by atoms with E-state index in [1.165, 1.54) is 12.1 Å². The van der Waals surface area contributed by atoms with Gasteiger partial charge in [-0.2, -0.15) is 0 Å². The van der Waals surface area contributed by atoms with Gasteiger partial charge in [-0.25, -0.2) is 0 Å². The molecule has 0 atom stereocenters. The molecule has 0 aromatic heterocycles. The SMILES string of the molecule is [2H]c1ccc([2H])c(C)c1[2H]. The average molecular weight is 95.2 g/mol. The van der Waals surface area contributed by atoms with Gasteiger partial charge >= 0.3 is 0 Å². The molecule has 0 saturated heterocycles. The summed E-state index contributed by atoms with van der Waals surface area (Å²) < 4.78 is 21.7. The summed E-state index contributed by atoms with van der Waals surface area (Å²) in [6.07, 6.45) is 0. The van der Waals surface area contributed by atoms with Crippen LogP contribution in [0.1, 0.15) is 9.68 Å². The fourth-order valence-corrected chi connectivity index (χ4v) is 0.394. The van der Waals surface area contributed by atoms with Crippen molar-refractivity contribution < 1.29 is 4.11 Å². The lowest BCUT2D eigenvalue weighted by atomic mass is 10.2. The number of rotatable bonds is 0. The van der Waals surface area contributed by atoms with Gasteiger partial charge in [-0.15, -0.1) is 0 Å². The van der Waals surface area contributed by atoms with E-state index in [0.717, 1.165) is 0 Å². The summed E-state index contributed by atoms with van der Waals surface area (Å²) in [4.78, 5) is 0. The number of hydrogen-bond acceptors (Lipinski definition) is 0. The van der Waals surface area contributed by atoms with E-state index in [9.17, 15) is 0 Å². The van der Waals surface area contributed by atoms with Gasteiger partial charge in [0.15, 0.2) is 0 Å². The summed E-state index contributed by atoms with van der Waals surface area (Å²) in [6, 6.07) is 3.69. The van der Waals surface area contributed by atoms with Crippen molar-refractivity contribution in [1.82, 2.24) is 0 Å². The standard InChI is InChI=1S/C7H8/c1-7-5-3-2-4-6-7/h2-6H,1H3/i3D,5D,6D. The zero-order chi connectivity index (χ0) is 7.72. The number of benzene rings is 1. The van der Waals surface area contributed by atoms with Crippen LogP contribution >= 0.6 is 0 Å². The average Bonchev–Trinajstić information content (AvgIpc) is 1.93. The second-order valence-electron chi connectivity index (χ2n) is 1.37. The van der Waals surface area contributed by atoms with Crippen LogP contribution in [0.25, 0.3) is 0 Å². The monoisotopic (exact) mass is 95.1 g/mol. The second kappa shape index (κ2) is 1.78. The molecule has 0 amide bonds.